The predicted octanol–water partition coefficient (Wildman–Crippen LogP) is 3.47. The lowest BCUT2D eigenvalue weighted by Crippen LogP contribution is -2.26. The molecule has 3 rings (SSSR count). The maximum atomic E-state index is 12.8. The number of aromatic nitrogens is 4. The number of carbonyl (C=O) groups excluding carboxylic acids is 1. The van der Waals surface area contributed by atoms with E-state index >= 15 is 0 Å². The first-order chi connectivity index (χ1) is 13.1. The fourth-order valence-electron chi connectivity index (χ4n) is 3.00. The molecule has 0 aliphatic rings. The van der Waals surface area contributed by atoms with Crippen LogP contribution < -0.4 is 5.32 Å². The van der Waals surface area contributed by atoms with Crippen LogP contribution in [0.4, 0.5) is 13.2 Å². The van der Waals surface area contributed by atoms with E-state index in [2.05, 4.69) is 20.4 Å². The molecule has 1 N–H and O–H groups in total. The quantitative estimate of drug-likeness (QED) is 0.715. The van der Waals surface area contributed by atoms with Gasteiger partial charge in [0.2, 0.25) is 5.91 Å². The zero-order valence-corrected chi connectivity index (χ0v) is 15.9. The van der Waals surface area contributed by atoms with Crippen LogP contribution in [0.2, 0.25) is 0 Å². The van der Waals surface area contributed by atoms with Crippen molar-refractivity contribution in [2.75, 3.05) is 0 Å². The molecule has 0 spiro atoms. The third kappa shape index (κ3) is 4.00. The first-order valence-corrected chi connectivity index (χ1v) is 8.72. The molecule has 3 aromatic heterocycles. The number of halogens is 3. The Morgan fingerprint density at radius 3 is 2.57 bits per heavy atom. The van der Waals surface area contributed by atoms with Gasteiger partial charge < -0.3 is 9.73 Å². The summed E-state index contributed by atoms with van der Waals surface area (Å²) in [6.45, 7) is 6.95. The highest BCUT2D eigenvalue weighted by atomic mass is 19.4. The summed E-state index contributed by atoms with van der Waals surface area (Å²) in [7, 11) is 0. The van der Waals surface area contributed by atoms with Crippen molar-refractivity contribution in [3.63, 3.8) is 0 Å². The molecule has 1 unspecified atom stereocenters. The van der Waals surface area contributed by atoms with Gasteiger partial charge in [-0.15, -0.1) is 5.10 Å². The average molecular weight is 395 g/mol. The molecule has 0 saturated carbocycles. The van der Waals surface area contributed by atoms with Crippen LogP contribution >= 0.6 is 0 Å². The number of hydrogen-bond donors (Lipinski definition) is 1. The summed E-state index contributed by atoms with van der Waals surface area (Å²) in [5.41, 5.74) is 1.67. The number of fused-ring (bicyclic) bond motifs is 1. The van der Waals surface area contributed by atoms with Crippen molar-refractivity contribution in [2.45, 2.75) is 52.8 Å². The summed E-state index contributed by atoms with van der Waals surface area (Å²) < 4.78 is 45.1. The lowest BCUT2D eigenvalue weighted by Gasteiger charge is -2.13. The van der Waals surface area contributed by atoms with Crippen molar-refractivity contribution in [3.8, 4) is 0 Å². The average Bonchev–Trinajstić information content (AvgIpc) is 3.20. The predicted molar refractivity (Wildman–Crippen MR) is 93.6 cm³/mol. The van der Waals surface area contributed by atoms with Gasteiger partial charge in [-0.1, -0.05) is 0 Å². The van der Waals surface area contributed by atoms with Crippen LogP contribution in [0.3, 0.4) is 0 Å². The number of hydrogen-bond acceptors (Lipinski definition) is 5. The number of furan rings is 1. The molecule has 3 aromatic rings. The van der Waals surface area contributed by atoms with Gasteiger partial charge in [0.25, 0.3) is 11.6 Å². The zero-order valence-electron chi connectivity index (χ0n) is 15.9. The minimum absolute atomic E-state index is 0.114. The Labute approximate surface area is 159 Å². The zero-order chi connectivity index (χ0) is 20.6. The molecule has 0 aliphatic carbocycles. The van der Waals surface area contributed by atoms with E-state index in [1.807, 2.05) is 19.9 Å². The van der Waals surface area contributed by atoms with Crippen molar-refractivity contribution < 1.29 is 22.4 Å². The van der Waals surface area contributed by atoms with Crippen LogP contribution in [-0.4, -0.2) is 25.5 Å². The molecule has 0 saturated heterocycles. The smallest absolute Gasteiger partial charge is 0.453 e. The molecule has 0 bridgehead atoms. The Morgan fingerprint density at radius 1 is 1.25 bits per heavy atom. The highest BCUT2D eigenvalue weighted by Crippen LogP contribution is 2.27. The molecule has 28 heavy (non-hydrogen) atoms. The summed E-state index contributed by atoms with van der Waals surface area (Å²) in [4.78, 5) is 19.8. The van der Waals surface area contributed by atoms with Gasteiger partial charge in [0.15, 0.2) is 0 Å². The van der Waals surface area contributed by atoms with E-state index < -0.39 is 12.0 Å². The molecular formula is C18H20F3N5O2. The molecule has 0 aromatic carbocycles. The van der Waals surface area contributed by atoms with E-state index in [0.717, 1.165) is 10.3 Å². The van der Waals surface area contributed by atoms with Gasteiger partial charge in [0, 0.05) is 17.8 Å². The minimum Gasteiger partial charge on any atom is -0.464 e. The van der Waals surface area contributed by atoms with Gasteiger partial charge in [-0.05, 0) is 51.8 Å². The lowest BCUT2D eigenvalue weighted by molar-refractivity contribution is -0.144. The van der Waals surface area contributed by atoms with Gasteiger partial charge in [-0.25, -0.2) is 9.50 Å². The number of amides is 1. The topological polar surface area (TPSA) is 85.3 Å². The van der Waals surface area contributed by atoms with Crippen molar-refractivity contribution in [3.05, 3.63) is 46.4 Å². The van der Waals surface area contributed by atoms with Crippen LogP contribution in [0, 0.1) is 20.8 Å². The van der Waals surface area contributed by atoms with E-state index in [1.54, 1.807) is 19.9 Å². The third-order valence-electron chi connectivity index (χ3n) is 4.47. The monoisotopic (exact) mass is 395 g/mol. The maximum absolute atomic E-state index is 12.8. The highest BCUT2D eigenvalue weighted by Gasteiger charge is 2.37. The molecule has 0 aliphatic heterocycles. The first kappa shape index (κ1) is 19.8. The highest BCUT2D eigenvalue weighted by molar-refractivity contribution is 5.76. The van der Waals surface area contributed by atoms with Crippen molar-refractivity contribution in [2.24, 2.45) is 0 Å². The summed E-state index contributed by atoms with van der Waals surface area (Å²) in [6, 6.07) is 3.34. The SMILES string of the molecule is Cc1ccc(C(C)NC(=O)CCc2c(C)nc3nc(C(F)(F)F)nn3c2C)o1. The van der Waals surface area contributed by atoms with Gasteiger partial charge in [0.1, 0.15) is 11.5 Å². The van der Waals surface area contributed by atoms with E-state index in [0.29, 0.717) is 29.1 Å². The number of alkyl halides is 3. The lowest BCUT2D eigenvalue weighted by atomic mass is 10.1. The standard InChI is InChI=1S/C18H20F3N5O2/c1-9-5-7-14(28-9)11(3)22-15(27)8-6-13-10(2)23-17-24-16(18(19,20)21)25-26(17)12(13)4/h5,7,11H,6,8H2,1-4H3,(H,22,27). The van der Waals surface area contributed by atoms with Crippen LogP contribution in [0.15, 0.2) is 16.5 Å². The Bertz CT molecular complexity index is 1020. The maximum Gasteiger partial charge on any atom is 0.453 e. The number of aryl methyl sites for hydroxylation is 3. The molecule has 7 nitrogen and oxygen atoms in total. The normalized spacial score (nSPS) is 13.1. The fourth-order valence-corrected chi connectivity index (χ4v) is 3.00. The summed E-state index contributed by atoms with van der Waals surface area (Å²) >= 11 is 0. The summed E-state index contributed by atoms with van der Waals surface area (Å²) in [6.07, 6.45) is -4.17. The van der Waals surface area contributed by atoms with E-state index in [9.17, 15) is 18.0 Å². The van der Waals surface area contributed by atoms with Crippen LogP contribution in [0.5, 0.6) is 0 Å². The molecule has 10 heteroatoms. The van der Waals surface area contributed by atoms with Crippen molar-refractivity contribution >= 4 is 11.7 Å². The molecule has 3 heterocycles. The number of carbonyl (C=O) groups is 1. The number of rotatable bonds is 5. The minimum atomic E-state index is -4.64. The molecule has 1 amide bonds. The molecule has 150 valence electrons. The van der Waals surface area contributed by atoms with Crippen LogP contribution in [-0.2, 0) is 17.4 Å². The molecular weight excluding hydrogens is 375 g/mol. The molecule has 0 fully saturated rings. The Kier molecular flexibility index (Phi) is 5.14. The van der Waals surface area contributed by atoms with E-state index in [1.165, 1.54) is 0 Å². The second-order valence-corrected chi connectivity index (χ2v) is 6.64. The summed E-state index contributed by atoms with van der Waals surface area (Å²) in [5.74, 6) is -0.135. The first-order valence-electron chi connectivity index (χ1n) is 8.72. The van der Waals surface area contributed by atoms with E-state index in [-0.39, 0.29) is 24.1 Å². The van der Waals surface area contributed by atoms with Crippen LogP contribution in [0.25, 0.3) is 5.78 Å². The van der Waals surface area contributed by atoms with Gasteiger partial charge in [-0.2, -0.15) is 18.2 Å². The van der Waals surface area contributed by atoms with Gasteiger partial charge in [0.05, 0.1) is 6.04 Å². The van der Waals surface area contributed by atoms with E-state index in [4.69, 9.17) is 4.42 Å². The fraction of sp³-hybridized carbons (Fsp3) is 0.444. The van der Waals surface area contributed by atoms with Gasteiger partial charge >= 0.3 is 6.18 Å². The number of nitrogens with one attached hydrogen (secondary N) is 1. The number of nitrogens with zero attached hydrogens (tertiary/aromatic N) is 4. The van der Waals surface area contributed by atoms with Crippen molar-refractivity contribution in [1.82, 2.24) is 24.9 Å². The third-order valence-corrected chi connectivity index (χ3v) is 4.47. The Morgan fingerprint density at radius 2 is 1.96 bits per heavy atom. The largest absolute Gasteiger partial charge is 0.464 e. The van der Waals surface area contributed by atoms with Gasteiger partial charge in [-0.3, -0.25) is 4.79 Å². The van der Waals surface area contributed by atoms with Crippen LogP contribution in [0.1, 0.15) is 53.7 Å². The molecule has 0 radical (unpaired) electrons. The Balaban J connectivity index is 1.74. The Hall–Kier alpha value is -2.91. The summed E-state index contributed by atoms with van der Waals surface area (Å²) in [5, 5.41) is 6.35. The molecule has 1 atom stereocenters. The second-order valence-electron chi connectivity index (χ2n) is 6.64. The van der Waals surface area contributed by atoms with Crippen molar-refractivity contribution in [1.29, 1.82) is 0 Å². The second kappa shape index (κ2) is 7.25.